The molecule has 2 aromatic carbocycles. The van der Waals surface area contributed by atoms with Crippen LogP contribution in [-0.4, -0.2) is 29.2 Å². The minimum absolute atomic E-state index is 0.207. The second-order valence-electron chi connectivity index (χ2n) is 6.48. The number of aromatic nitrogens is 2. The molecule has 0 amide bonds. The van der Waals surface area contributed by atoms with Gasteiger partial charge in [-0.25, -0.2) is 14.4 Å². The summed E-state index contributed by atoms with van der Waals surface area (Å²) >= 11 is 6.06. The lowest BCUT2D eigenvalue weighted by molar-refractivity contribution is 0.0250. The van der Waals surface area contributed by atoms with E-state index in [-0.39, 0.29) is 11.9 Å². The Morgan fingerprint density at radius 3 is 2.62 bits per heavy atom. The highest BCUT2D eigenvalue weighted by molar-refractivity contribution is 6.31. The maximum absolute atomic E-state index is 13.0. The summed E-state index contributed by atoms with van der Waals surface area (Å²) in [6.07, 6.45) is 3.66. The molecule has 1 saturated heterocycles. The fourth-order valence-corrected chi connectivity index (χ4v) is 3.46. The van der Waals surface area contributed by atoms with Crippen LogP contribution in [0.5, 0.6) is 0 Å². The third-order valence-corrected chi connectivity index (χ3v) is 4.95. The first-order chi connectivity index (χ1) is 12.7. The second-order valence-corrected chi connectivity index (χ2v) is 6.92. The fourth-order valence-electron chi connectivity index (χ4n) is 3.30. The number of nitrogens with zero attached hydrogens (tertiary/aromatic N) is 3. The quantitative estimate of drug-likeness (QED) is 0.671. The molecule has 1 aliphatic rings. The van der Waals surface area contributed by atoms with E-state index < -0.39 is 0 Å². The van der Waals surface area contributed by atoms with E-state index in [2.05, 4.69) is 14.9 Å². The summed E-state index contributed by atoms with van der Waals surface area (Å²) in [5.74, 6) is 0.726. The molecule has 134 valence electrons. The third-order valence-electron chi connectivity index (χ3n) is 4.72. The van der Waals surface area contributed by atoms with Gasteiger partial charge in [0.15, 0.2) is 0 Å². The molecule has 2 heterocycles. The summed E-state index contributed by atoms with van der Waals surface area (Å²) in [5.41, 5.74) is 1.85. The molecule has 4 rings (SSSR count). The SMILES string of the molecule is Fc1ccc(COC2CCN(c3ncnc4cc(Cl)ccc34)CC2)cc1. The predicted molar refractivity (Wildman–Crippen MR) is 101 cm³/mol. The van der Waals surface area contributed by atoms with Crippen LogP contribution in [0.4, 0.5) is 10.2 Å². The zero-order chi connectivity index (χ0) is 17.9. The first kappa shape index (κ1) is 17.2. The Balaban J connectivity index is 1.38. The van der Waals surface area contributed by atoms with Gasteiger partial charge in [-0.2, -0.15) is 0 Å². The Hall–Kier alpha value is -2.24. The average molecular weight is 372 g/mol. The number of hydrogen-bond acceptors (Lipinski definition) is 4. The number of fused-ring (bicyclic) bond motifs is 1. The van der Waals surface area contributed by atoms with Crippen LogP contribution in [0, 0.1) is 5.82 Å². The average Bonchev–Trinajstić information content (AvgIpc) is 2.67. The van der Waals surface area contributed by atoms with Gasteiger partial charge in [0, 0.05) is 23.5 Å². The monoisotopic (exact) mass is 371 g/mol. The maximum atomic E-state index is 13.0. The van der Waals surface area contributed by atoms with Crippen molar-refractivity contribution in [1.29, 1.82) is 0 Å². The Kier molecular flexibility index (Phi) is 5.00. The highest BCUT2D eigenvalue weighted by Crippen LogP contribution is 2.28. The largest absolute Gasteiger partial charge is 0.373 e. The van der Waals surface area contributed by atoms with Gasteiger partial charge in [-0.15, -0.1) is 0 Å². The fraction of sp³-hybridized carbons (Fsp3) is 0.300. The molecule has 0 aliphatic carbocycles. The van der Waals surface area contributed by atoms with Crippen LogP contribution in [0.3, 0.4) is 0 Å². The lowest BCUT2D eigenvalue weighted by Crippen LogP contribution is -2.37. The summed E-state index contributed by atoms with van der Waals surface area (Å²) in [7, 11) is 0. The van der Waals surface area contributed by atoms with Crippen molar-refractivity contribution in [1.82, 2.24) is 9.97 Å². The van der Waals surface area contributed by atoms with Gasteiger partial charge in [-0.1, -0.05) is 23.7 Å². The van der Waals surface area contributed by atoms with Crippen LogP contribution >= 0.6 is 11.6 Å². The van der Waals surface area contributed by atoms with E-state index in [1.165, 1.54) is 12.1 Å². The van der Waals surface area contributed by atoms with Crippen LogP contribution in [0.15, 0.2) is 48.8 Å². The normalized spacial score (nSPS) is 15.5. The van der Waals surface area contributed by atoms with E-state index in [0.29, 0.717) is 11.6 Å². The van der Waals surface area contributed by atoms with Crippen molar-refractivity contribution in [2.75, 3.05) is 18.0 Å². The molecular formula is C20H19ClFN3O. The number of anilines is 1. The van der Waals surface area contributed by atoms with E-state index in [1.807, 2.05) is 18.2 Å². The number of halogens is 2. The van der Waals surface area contributed by atoms with Crippen molar-refractivity contribution in [3.05, 3.63) is 65.2 Å². The van der Waals surface area contributed by atoms with Crippen LogP contribution in [-0.2, 0) is 11.3 Å². The standard InChI is InChI=1S/C20H19ClFN3O/c21-15-3-6-18-19(11-15)23-13-24-20(18)25-9-7-17(8-10-25)26-12-14-1-4-16(22)5-2-14/h1-6,11,13,17H,7-10,12H2. The van der Waals surface area contributed by atoms with Crippen molar-refractivity contribution in [3.63, 3.8) is 0 Å². The Labute approximate surface area is 156 Å². The summed E-state index contributed by atoms with van der Waals surface area (Å²) in [4.78, 5) is 11.1. The molecule has 0 unspecified atom stereocenters. The Morgan fingerprint density at radius 1 is 1.08 bits per heavy atom. The molecular weight excluding hydrogens is 353 g/mol. The highest BCUT2D eigenvalue weighted by atomic mass is 35.5. The first-order valence-electron chi connectivity index (χ1n) is 8.70. The molecule has 0 N–H and O–H groups in total. The Morgan fingerprint density at radius 2 is 1.85 bits per heavy atom. The zero-order valence-electron chi connectivity index (χ0n) is 14.2. The number of ether oxygens (including phenoxy) is 1. The second kappa shape index (κ2) is 7.56. The van der Waals surface area contributed by atoms with Crippen LogP contribution in [0.1, 0.15) is 18.4 Å². The number of hydrogen-bond donors (Lipinski definition) is 0. The maximum Gasteiger partial charge on any atom is 0.139 e. The minimum atomic E-state index is -0.222. The minimum Gasteiger partial charge on any atom is -0.373 e. The molecule has 0 radical (unpaired) electrons. The third kappa shape index (κ3) is 3.79. The van der Waals surface area contributed by atoms with Gasteiger partial charge in [0.2, 0.25) is 0 Å². The van der Waals surface area contributed by atoms with E-state index in [1.54, 1.807) is 18.5 Å². The number of rotatable bonds is 4. The van der Waals surface area contributed by atoms with Crippen molar-refractivity contribution in [2.24, 2.45) is 0 Å². The number of benzene rings is 2. The molecule has 4 nitrogen and oxygen atoms in total. The van der Waals surface area contributed by atoms with Crippen LogP contribution in [0.25, 0.3) is 10.9 Å². The van der Waals surface area contributed by atoms with Gasteiger partial charge in [0.25, 0.3) is 0 Å². The molecule has 0 bridgehead atoms. The molecule has 26 heavy (non-hydrogen) atoms. The molecule has 0 saturated carbocycles. The molecule has 1 aromatic heterocycles. The van der Waals surface area contributed by atoms with Gasteiger partial charge >= 0.3 is 0 Å². The van der Waals surface area contributed by atoms with Crippen molar-refractivity contribution < 1.29 is 9.13 Å². The molecule has 1 aliphatic heterocycles. The van der Waals surface area contributed by atoms with Crippen molar-refractivity contribution in [3.8, 4) is 0 Å². The van der Waals surface area contributed by atoms with E-state index in [4.69, 9.17) is 16.3 Å². The summed E-state index contributed by atoms with van der Waals surface area (Å²) in [6, 6.07) is 12.2. The predicted octanol–water partition coefficient (Wildman–Crippen LogP) is 4.61. The molecule has 6 heteroatoms. The molecule has 1 fully saturated rings. The smallest absolute Gasteiger partial charge is 0.139 e. The van der Waals surface area contributed by atoms with Crippen molar-refractivity contribution in [2.45, 2.75) is 25.6 Å². The topological polar surface area (TPSA) is 38.2 Å². The van der Waals surface area contributed by atoms with Crippen LogP contribution in [0.2, 0.25) is 5.02 Å². The lowest BCUT2D eigenvalue weighted by Gasteiger charge is -2.33. The van der Waals surface area contributed by atoms with Crippen molar-refractivity contribution >= 4 is 28.3 Å². The summed E-state index contributed by atoms with van der Waals surface area (Å²) in [5, 5.41) is 1.69. The van der Waals surface area contributed by atoms with Gasteiger partial charge < -0.3 is 9.64 Å². The van der Waals surface area contributed by atoms with E-state index in [9.17, 15) is 4.39 Å². The molecule has 0 atom stereocenters. The highest BCUT2D eigenvalue weighted by Gasteiger charge is 2.22. The first-order valence-corrected chi connectivity index (χ1v) is 9.08. The lowest BCUT2D eigenvalue weighted by atomic mass is 10.1. The summed E-state index contributed by atoms with van der Waals surface area (Å²) < 4.78 is 19.0. The molecule has 0 spiro atoms. The van der Waals surface area contributed by atoms with E-state index >= 15 is 0 Å². The van der Waals surface area contributed by atoms with Gasteiger partial charge in [0.1, 0.15) is 18.0 Å². The van der Waals surface area contributed by atoms with E-state index in [0.717, 1.165) is 48.2 Å². The van der Waals surface area contributed by atoms with Gasteiger partial charge in [0.05, 0.1) is 18.2 Å². The summed E-state index contributed by atoms with van der Waals surface area (Å²) in [6.45, 7) is 2.27. The van der Waals surface area contributed by atoms with Gasteiger partial charge in [-0.05, 0) is 48.7 Å². The zero-order valence-corrected chi connectivity index (χ0v) is 15.0. The number of piperidine rings is 1. The molecule has 3 aromatic rings. The Bertz CT molecular complexity index is 895. The van der Waals surface area contributed by atoms with Gasteiger partial charge in [-0.3, -0.25) is 0 Å². The van der Waals surface area contributed by atoms with Crippen LogP contribution < -0.4 is 4.90 Å².